The largest absolute Gasteiger partial charge is 0.497 e. The van der Waals surface area contributed by atoms with Crippen molar-refractivity contribution in [2.24, 2.45) is 16.1 Å². The first-order valence-corrected chi connectivity index (χ1v) is 19.4. The van der Waals surface area contributed by atoms with Gasteiger partial charge < -0.3 is 33.9 Å². The molecule has 1 amide bonds. The maximum atomic E-state index is 15.6. The number of nitrogens with zero attached hydrogens (tertiary/aromatic N) is 3. The zero-order chi connectivity index (χ0) is 42.5. The van der Waals surface area contributed by atoms with E-state index in [2.05, 4.69) is 10.4 Å². The molecule has 0 radical (unpaired) electrons. The number of thioether (sulfide) groups is 1. The van der Waals surface area contributed by atoms with Crippen LogP contribution in [0.25, 0.3) is 0 Å². The third kappa shape index (κ3) is 11.1. The van der Waals surface area contributed by atoms with E-state index in [1.807, 2.05) is 48.3 Å². The molecule has 14 nitrogen and oxygen atoms in total. The molecule has 59 heavy (non-hydrogen) atoms. The molecule has 1 N–H and O–H groups in total. The molecule has 1 heterocycles. The summed E-state index contributed by atoms with van der Waals surface area (Å²) in [6.07, 6.45) is -4.83. The lowest BCUT2D eigenvalue weighted by Gasteiger charge is -2.41. The molecule has 4 aromatic carbocycles. The van der Waals surface area contributed by atoms with Gasteiger partial charge in [-0.25, -0.2) is 0 Å². The molecule has 0 bridgehead atoms. The Hall–Kier alpha value is -6.48. The predicted octanol–water partition coefficient (Wildman–Crippen LogP) is 7.34. The molecular weight excluding hydrogens is 777 g/mol. The Labute approximate surface area is 346 Å². The van der Waals surface area contributed by atoms with Gasteiger partial charge in [0.1, 0.15) is 22.8 Å². The molecule has 0 saturated heterocycles. The van der Waals surface area contributed by atoms with Gasteiger partial charge in [0.05, 0.1) is 23.7 Å². The highest BCUT2D eigenvalue weighted by atomic mass is 32.2. The van der Waals surface area contributed by atoms with Crippen molar-refractivity contribution < 1.29 is 47.7 Å². The monoisotopic (exact) mass is 822 g/mol. The van der Waals surface area contributed by atoms with Crippen molar-refractivity contribution in [1.82, 2.24) is 4.90 Å². The topological polar surface area (TPSA) is 171 Å². The molecule has 1 aliphatic heterocycles. The molecule has 0 unspecified atom stereocenters. The molecule has 5 atom stereocenters. The van der Waals surface area contributed by atoms with Gasteiger partial charge in [0.2, 0.25) is 5.91 Å². The van der Waals surface area contributed by atoms with E-state index in [-0.39, 0.29) is 5.70 Å². The highest BCUT2D eigenvalue weighted by Gasteiger charge is 2.63. The predicted molar refractivity (Wildman–Crippen MR) is 220 cm³/mol. The lowest BCUT2D eigenvalue weighted by atomic mass is 9.76. The Morgan fingerprint density at radius 1 is 0.729 bits per heavy atom. The van der Waals surface area contributed by atoms with E-state index in [0.29, 0.717) is 34.3 Å². The molecule has 5 rings (SSSR count). The molecule has 0 spiro atoms. The molecule has 0 aliphatic carbocycles. The van der Waals surface area contributed by atoms with Gasteiger partial charge in [-0.1, -0.05) is 90.6 Å². The number of carbonyl (C=O) groups is 5. The van der Waals surface area contributed by atoms with Gasteiger partial charge in [-0.15, -0.1) is 0 Å². The summed E-state index contributed by atoms with van der Waals surface area (Å²) in [4.78, 5) is 68.7. The zero-order valence-electron chi connectivity index (χ0n) is 33.5. The summed E-state index contributed by atoms with van der Waals surface area (Å²) in [5.41, 5.74) is 2.46. The zero-order valence-corrected chi connectivity index (χ0v) is 34.3. The van der Waals surface area contributed by atoms with Crippen LogP contribution in [0.15, 0.2) is 136 Å². The van der Waals surface area contributed by atoms with Crippen molar-refractivity contribution in [3.8, 4) is 5.75 Å². The summed E-state index contributed by atoms with van der Waals surface area (Å²) in [6.45, 7) is 4.33. The van der Waals surface area contributed by atoms with Crippen molar-refractivity contribution in [3.63, 3.8) is 0 Å². The van der Waals surface area contributed by atoms with Gasteiger partial charge in [-0.2, -0.15) is 10.2 Å². The summed E-state index contributed by atoms with van der Waals surface area (Å²) in [7, 11) is 3.36. The summed E-state index contributed by atoms with van der Waals surface area (Å²) in [6, 6.07) is 34.1. The summed E-state index contributed by atoms with van der Waals surface area (Å²) in [5.74, 6) is -4.55. The number of esters is 4. The van der Waals surface area contributed by atoms with E-state index in [1.165, 1.54) is 7.11 Å². The smallest absolute Gasteiger partial charge is 0.303 e. The summed E-state index contributed by atoms with van der Waals surface area (Å²) >= 11 is 1.15. The summed E-state index contributed by atoms with van der Waals surface area (Å²) < 4.78 is 26.7. The number of nitrogens with one attached hydrogen (secondary N) is 1. The van der Waals surface area contributed by atoms with Crippen LogP contribution < -0.4 is 10.1 Å². The second-order valence-electron chi connectivity index (χ2n) is 13.5. The average molecular weight is 823 g/mol. The van der Waals surface area contributed by atoms with Crippen molar-refractivity contribution in [2.75, 3.05) is 26.1 Å². The molecule has 308 valence electrons. The standard InChI is InChI=1S/C44H46N4O10S/c1-28(49)55-27-37(56-29(2)50)40(57-30(3)51)41(58-31(4)52)38-39(47-46-35-20-14-9-15-21-35)42(48(5)26-32-16-10-7-11-17-32)59-44(38,33-18-12-8-13-19-33)43(53)45-34-22-24-36(54-6)25-23-34/h7-25,37-38,40-41H,26-27H2,1-6H3,(H,45,53)/t37-,38-,40+,41+,44+/m1/s1. The normalized spacial score (nSPS) is 17.6. The fourth-order valence-corrected chi connectivity index (χ4v) is 8.28. The third-order valence-corrected chi connectivity index (χ3v) is 10.8. The molecule has 4 aromatic rings. The van der Waals surface area contributed by atoms with Gasteiger partial charge in [0.25, 0.3) is 0 Å². The SMILES string of the molecule is COc1ccc(NC(=O)[C@@]2(c3ccccc3)SC(N(C)Cc3ccccc3)=C(N=Nc3ccccc3)[C@@H]2[C@H](OC(C)=O)[C@@H](OC(C)=O)[C@@H](COC(C)=O)OC(C)=O)cc1. The van der Waals surface area contributed by atoms with Crippen LogP contribution in [0.2, 0.25) is 0 Å². The van der Waals surface area contributed by atoms with Gasteiger partial charge >= 0.3 is 23.9 Å². The Bertz CT molecular complexity index is 2150. The second kappa shape index (κ2) is 20.3. The first kappa shape index (κ1) is 43.6. The third-order valence-electron chi connectivity index (χ3n) is 9.13. The number of hydrogen-bond acceptors (Lipinski definition) is 14. The van der Waals surface area contributed by atoms with Crippen LogP contribution in [0.4, 0.5) is 11.4 Å². The number of benzene rings is 4. The Morgan fingerprint density at radius 2 is 1.31 bits per heavy atom. The lowest BCUT2D eigenvalue weighted by molar-refractivity contribution is -0.193. The highest BCUT2D eigenvalue weighted by molar-refractivity contribution is 8.04. The molecule has 1 aliphatic rings. The first-order valence-electron chi connectivity index (χ1n) is 18.6. The number of hydrogen-bond donors (Lipinski definition) is 1. The lowest BCUT2D eigenvalue weighted by Crippen LogP contribution is -2.56. The maximum Gasteiger partial charge on any atom is 0.303 e. The van der Waals surface area contributed by atoms with Crippen molar-refractivity contribution >= 4 is 52.9 Å². The second-order valence-corrected chi connectivity index (χ2v) is 14.8. The average Bonchev–Trinajstić information content (AvgIpc) is 3.57. The van der Waals surface area contributed by atoms with Crippen molar-refractivity contribution in [1.29, 1.82) is 0 Å². The number of ether oxygens (including phenoxy) is 5. The number of anilines is 1. The molecule has 0 fully saturated rings. The van der Waals surface area contributed by atoms with E-state index < -0.39 is 65.4 Å². The van der Waals surface area contributed by atoms with E-state index in [1.54, 1.807) is 78.9 Å². The maximum absolute atomic E-state index is 15.6. The van der Waals surface area contributed by atoms with E-state index in [4.69, 9.17) is 28.8 Å². The van der Waals surface area contributed by atoms with Gasteiger partial charge in [-0.05, 0) is 47.5 Å². The number of carbonyl (C=O) groups excluding carboxylic acids is 5. The molecule has 15 heteroatoms. The van der Waals surface area contributed by atoms with E-state index >= 15 is 4.79 Å². The quantitative estimate of drug-likeness (QED) is 0.0640. The summed E-state index contributed by atoms with van der Waals surface area (Å²) in [5, 5.41) is 13.0. The van der Waals surface area contributed by atoms with Crippen molar-refractivity contribution in [3.05, 3.63) is 137 Å². The van der Waals surface area contributed by atoms with Crippen LogP contribution in [0, 0.1) is 5.92 Å². The minimum absolute atomic E-state index is 0.184. The van der Waals surface area contributed by atoms with Crippen molar-refractivity contribution in [2.45, 2.75) is 57.3 Å². The van der Waals surface area contributed by atoms with Crippen LogP contribution in [0.5, 0.6) is 5.75 Å². The van der Waals surface area contributed by atoms with Gasteiger partial charge in [0, 0.05) is 47.0 Å². The van der Waals surface area contributed by atoms with Crippen LogP contribution in [0.1, 0.15) is 38.8 Å². The highest BCUT2D eigenvalue weighted by Crippen LogP contribution is 2.60. The van der Waals surface area contributed by atoms with E-state index in [0.717, 1.165) is 45.0 Å². The number of azo groups is 1. The Kier molecular flexibility index (Phi) is 15.0. The molecule has 0 aromatic heterocycles. The van der Waals surface area contributed by atoms with Crippen LogP contribution >= 0.6 is 11.8 Å². The fraction of sp³-hybridized carbons (Fsp3) is 0.295. The number of rotatable bonds is 17. The Balaban J connectivity index is 1.87. The Morgan fingerprint density at radius 3 is 1.86 bits per heavy atom. The molecular formula is C44H46N4O10S. The van der Waals surface area contributed by atoms with Crippen LogP contribution in [-0.4, -0.2) is 73.8 Å². The van der Waals surface area contributed by atoms with Gasteiger partial charge in [0.15, 0.2) is 18.3 Å². The number of amides is 1. The molecule has 0 saturated carbocycles. The number of methoxy groups -OCH3 is 1. The minimum Gasteiger partial charge on any atom is -0.497 e. The van der Waals surface area contributed by atoms with Crippen LogP contribution in [-0.2, 0) is 54.2 Å². The fourth-order valence-electron chi connectivity index (χ4n) is 6.71. The van der Waals surface area contributed by atoms with Gasteiger partial charge in [-0.3, -0.25) is 24.0 Å². The minimum atomic E-state index is -1.78. The van der Waals surface area contributed by atoms with E-state index in [9.17, 15) is 19.2 Å². The first-order chi connectivity index (χ1) is 28.3. The van der Waals surface area contributed by atoms with Crippen LogP contribution in [0.3, 0.4) is 0 Å².